The number of halogens is 1. The first-order valence-electron chi connectivity index (χ1n) is 7.73. The quantitative estimate of drug-likeness (QED) is 0.624. The topological polar surface area (TPSA) is 62.1 Å². The van der Waals surface area contributed by atoms with E-state index in [1.165, 1.54) is 0 Å². The lowest BCUT2D eigenvalue weighted by Crippen LogP contribution is -2.09. The van der Waals surface area contributed by atoms with Gasteiger partial charge in [0.2, 0.25) is 5.88 Å². The van der Waals surface area contributed by atoms with Crippen LogP contribution in [0.2, 0.25) is 5.02 Å². The second-order valence-electron chi connectivity index (χ2n) is 5.27. The van der Waals surface area contributed by atoms with E-state index in [-0.39, 0.29) is 12.6 Å². The molecule has 0 spiro atoms. The molecule has 0 bridgehead atoms. The third-order valence-corrected chi connectivity index (χ3v) is 3.79. The molecule has 0 fully saturated rings. The average Bonchev–Trinajstić information content (AvgIpc) is 3.09. The summed E-state index contributed by atoms with van der Waals surface area (Å²) in [4.78, 5) is 15.9. The molecular formula is C18H17ClN2O4. The molecule has 0 amide bonds. The van der Waals surface area contributed by atoms with Crippen LogP contribution in [0.3, 0.4) is 0 Å². The Hall–Kier alpha value is -2.73. The third-order valence-electron chi connectivity index (χ3n) is 3.56. The molecule has 25 heavy (non-hydrogen) atoms. The molecule has 130 valence electrons. The molecule has 0 saturated carbocycles. The Bertz CT molecular complexity index is 907. The van der Waals surface area contributed by atoms with E-state index in [1.807, 2.05) is 6.07 Å². The van der Waals surface area contributed by atoms with Crippen molar-refractivity contribution < 1.29 is 19.0 Å². The van der Waals surface area contributed by atoms with Gasteiger partial charge < -0.3 is 14.2 Å². The van der Waals surface area contributed by atoms with Crippen molar-refractivity contribution in [2.75, 3.05) is 7.11 Å². The normalized spacial score (nSPS) is 10.7. The predicted octanol–water partition coefficient (Wildman–Crippen LogP) is 3.89. The van der Waals surface area contributed by atoms with Crippen LogP contribution in [0.25, 0.3) is 5.65 Å². The van der Waals surface area contributed by atoms with Gasteiger partial charge in [0.05, 0.1) is 7.11 Å². The number of benzene rings is 1. The molecule has 0 N–H and O–H groups in total. The highest BCUT2D eigenvalue weighted by Crippen LogP contribution is 2.31. The molecule has 0 radical (unpaired) electrons. The van der Waals surface area contributed by atoms with Crippen LogP contribution in [0, 0.1) is 0 Å². The van der Waals surface area contributed by atoms with Gasteiger partial charge in [-0.1, -0.05) is 18.5 Å². The van der Waals surface area contributed by atoms with Crippen molar-refractivity contribution in [1.82, 2.24) is 9.38 Å². The molecule has 2 heterocycles. The fourth-order valence-corrected chi connectivity index (χ4v) is 2.48. The summed E-state index contributed by atoms with van der Waals surface area (Å²) >= 11 is 5.95. The van der Waals surface area contributed by atoms with Gasteiger partial charge in [-0.05, 0) is 23.8 Å². The van der Waals surface area contributed by atoms with Crippen LogP contribution in [0.1, 0.15) is 18.9 Å². The number of rotatable bonds is 6. The van der Waals surface area contributed by atoms with Gasteiger partial charge in [-0.15, -0.1) is 0 Å². The summed E-state index contributed by atoms with van der Waals surface area (Å²) in [6.07, 6.45) is 3.67. The van der Waals surface area contributed by atoms with E-state index in [0.717, 1.165) is 5.56 Å². The van der Waals surface area contributed by atoms with Crippen LogP contribution in [0.4, 0.5) is 0 Å². The van der Waals surface area contributed by atoms with Crippen molar-refractivity contribution in [2.45, 2.75) is 20.0 Å². The largest absolute Gasteiger partial charge is 0.493 e. The standard InChI is InChI=1S/C18H17ClN2O4/c1-3-18(22)25-17-9-12(8-16-20-6-7-21(16)17)11-24-14-5-4-13(19)10-15(14)23-2/h4-10H,3,11H2,1-2H3. The predicted molar refractivity (Wildman–Crippen MR) is 93.5 cm³/mol. The summed E-state index contributed by atoms with van der Waals surface area (Å²) in [5.74, 6) is 1.21. The highest BCUT2D eigenvalue weighted by Gasteiger charge is 2.11. The molecular weight excluding hydrogens is 344 g/mol. The summed E-state index contributed by atoms with van der Waals surface area (Å²) < 4.78 is 18.2. The molecule has 3 rings (SSSR count). The molecule has 7 heteroatoms. The van der Waals surface area contributed by atoms with E-state index >= 15 is 0 Å². The van der Waals surface area contributed by atoms with Crippen molar-refractivity contribution in [3.8, 4) is 17.4 Å². The zero-order valence-corrected chi connectivity index (χ0v) is 14.6. The number of pyridine rings is 1. The molecule has 0 aliphatic rings. The minimum absolute atomic E-state index is 0.262. The molecule has 0 atom stereocenters. The number of fused-ring (bicyclic) bond motifs is 1. The highest BCUT2D eigenvalue weighted by atomic mass is 35.5. The lowest BCUT2D eigenvalue weighted by Gasteiger charge is -2.12. The Morgan fingerprint density at radius 1 is 1.24 bits per heavy atom. The van der Waals surface area contributed by atoms with E-state index in [0.29, 0.717) is 34.5 Å². The van der Waals surface area contributed by atoms with Crippen molar-refractivity contribution >= 4 is 23.2 Å². The highest BCUT2D eigenvalue weighted by molar-refractivity contribution is 6.30. The fourth-order valence-electron chi connectivity index (χ4n) is 2.32. The van der Waals surface area contributed by atoms with Gasteiger partial charge in [-0.2, -0.15) is 0 Å². The van der Waals surface area contributed by atoms with Gasteiger partial charge in [0.15, 0.2) is 11.5 Å². The van der Waals surface area contributed by atoms with Crippen molar-refractivity contribution in [3.05, 3.63) is 53.3 Å². The number of carbonyl (C=O) groups is 1. The maximum atomic E-state index is 11.6. The molecule has 2 aromatic heterocycles. The number of nitrogens with zero attached hydrogens (tertiary/aromatic N) is 2. The Labute approximate surface area is 149 Å². The number of imidazole rings is 1. The number of ether oxygens (including phenoxy) is 3. The molecule has 0 saturated heterocycles. The van der Waals surface area contributed by atoms with Gasteiger partial charge in [0.1, 0.15) is 12.3 Å². The first-order chi connectivity index (χ1) is 12.1. The first-order valence-corrected chi connectivity index (χ1v) is 8.11. The van der Waals surface area contributed by atoms with Crippen molar-refractivity contribution in [3.63, 3.8) is 0 Å². The van der Waals surface area contributed by atoms with Gasteiger partial charge >= 0.3 is 5.97 Å². The zero-order valence-electron chi connectivity index (χ0n) is 13.9. The Morgan fingerprint density at radius 3 is 2.84 bits per heavy atom. The van der Waals surface area contributed by atoms with Gasteiger partial charge in [0, 0.05) is 36.0 Å². The molecule has 3 aromatic rings. The van der Waals surface area contributed by atoms with E-state index in [4.69, 9.17) is 25.8 Å². The molecule has 1 aromatic carbocycles. The monoisotopic (exact) mass is 360 g/mol. The molecule has 0 unspecified atom stereocenters. The van der Waals surface area contributed by atoms with Crippen molar-refractivity contribution in [1.29, 1.82) is 0 Å². The average molecular weight is 361 g/mol. The Balaban J connectivity index is 1.85. The molecule has 0 aliphatic heterocycles. The van der Waals surface area contributed by atoms with Crippen molar-refractivity contribution in [2.24, 2.45) is 0 Å². The lowest BCUT2D eigenvalue weighted by molar-refractivity contribution is -0.134. The maximum Gasteiger partial charge on any atom is 0.312 e. The summed E-state index contributed by atoms with van der Waals surface area (Å²) in [5.41, 5.74) is 1.48. The van der Waals surface area contributed by atoms with Crippen LogP contribution in [-0.2, 0) is 11.4 Å². The maximum absolute atomic E-state index is 11.6. The van der Waals surface area contributed by atoms with Gasteiger partial charge in [-0.25, -0.2) is 4.98 Å². The molecule has 6 nitrogen and oxygen atoms in total. The van der Waals surface area contributed by atoms with Crippen LogP contribution < -0.4 is 14.2 Å². The number of aromatic nitrogens is 2. The smallest absolute Gasteiger partial charge is 0.312 e. The number of hydrogen-bond donors (Lipinski definition) is 0. The van der Waals surface area contributed by atoms with Gasteiger partial charge in [-0.3, -0.25) is 9.20 Å². The third kappa shape index (κ3) is 3.85. The second kappa shape index (κ2) is 7.44. The SMILES string of the molecule is CCC(=O)Oc1cc(COc2ccc(Cl)cc2OC)cc2nccn12. The van der Waals surface area contributed by atoms with Crippen LogP contribution >= 0.6 is 11.6 Å². The fraction of sp³-hybridized carbons (Fsp3) is 0.222. The van der Waals surface area contributed by atoms with E-state index < -0.39 is 0 Å². The number of methoxy groups -OCH3 is 1. The van der Waals surface area contributed by atoms with E-state index in [9.17, 15) is 4.79 Å². The molecule has 0 aliphatic carbocycles. The van der Waals surface area contributed by atoms with E-state index in [1.54, 1.807) is 55.1 Å². The summed E-state index contributed by atoms with van der Waals surface area (Å²) in [6.45, 7) is 2.01. The number of esters is 1. The van der Waals surface area contributed by atoms with Crippen LogP contribution in [0.5, 0.6) is 17.4 Å². The van der Waals surface area contributed by atoms with Gasteiger partial charge in [0.25, 0.3) is 0 Å². The number of carbonyl (C=O) groups excluding carboxylic acids is 1. The first kappa shape index (κ1) is 17.1. The summed E-state index contributed by atoms with van der Waals surface area (Å²) in [7, 11) is 1.55. The van der Waals surface area contributed by atoms with E-state index in [2.05, 4.69) is 4.98 Å². The number of hydrogen-bond acceptors (Lipinski definition) is 5. The summed E-state index contributed by atoms with van der Waals surface area (Å²) in [6, 6.07) is 8.78. The van der Waals surface area contributed by atoms with Crippen LogP contribution in [-0.4, -0.2) is 22.5 Å². The minimum atomic E-state index is -0.313. The summed E-state index contributed by atoms with van der Waals surface area (Å²) in [5, 5.41) is 0.566. The lowest BCUT2D eigenvalue weighted by atomic mass is 10.2. The Morgan fingerprint density at radius 2 is 2.08 bits per heavy atom. The minimum Gasteiger partial charge on any atom is -0.493 e. The zero-order chi connectivity index (χ0) is 17.8. The Kier molecular flexibility index (Phi) is 5.09. The second-order valence-corrected chi connectivity index (χ2v) is 5.71. The van der Waals surface area contributed by atoms with Crippen LogP contribution in [0.15, 0.2) is 42.7 Å².